The first-order valence-corrected chi connectivity index (χ1v) is 10.9. The van der Waals surface area contributed by atoms with Crippen LogP contribution < -0.4 is 20.4 Å². The summed E-state index contributed by atoms with van der Waals surface area (Å²) in [6.07, 6.45) is 0. The van der Waals surface area contributed by atoms with Gasteiger partial charge in [-0.1, -0.05) is 38.1 Å². The predicted octanol–water partition coefficient (Wildman–Crippen LogP) is 0.618. The van der Waals surface area contributed by atoms with Crippen molar-refractivity contribution in [1.29, 1.82) is 0 Å². The molecule has 0 radical (unpaired) electrons. The number of para-hydroxylation sites is 1. The van der Waals surface area contributed by atoms with Crippen molar-refractivity contribution in [3.8, 4) is 0 Å². The normalized spacial score (nSPS) is 18.6. The van der Waals surface area contributed by atoms with E-state index in [1.54, 1.807) is 12.1 Å². The SMILES string of the molecule is Cc1cccc(C(C)C)c1NC(=O)C[NH+]1CC[NH+](CC(=O)Nc2cccc(F)c2)CC1. The lowest BCUT2D eigenvalue weighted by atomic mass is 9.98. The van der Waals surface area contributed by atoms with Gasteiger partial charge in [-0.25, -0.2) is 4.39 Å². The zero-order chi connectivity index (χ0) is 22.4. The summed E-state index contributed by atoms with van der Waals surface area (Å²) in [5, 5.41) is 5.87. The highest BCUT2D eigenvalue weighted by atomic mass is 19.1. The third-order valence-electron chi connectivity index (χ3n) is 5.79. The average molecular weight is 429 g/mol. The van der Waals surface area contributed by atoms with Crippen LogP contribution in [0.3, 0.4) is 0 Å². The molecule has 0 spiro atoms. The van der Waals surface area contributed by atoms with E-state index >= 15 is 0 Å². The van der Waals surface area contributed by atoms with E-state index in [4.69, 9.17) is 0 Å². The Kier molecular flexibility index (Phi) is 7.76. The molecule has 2 amide bonds. The van der Waals surface area contributed by atoms with Gasteiger partial charge in [0.15, 0.2) is 13.1 Å². The number of aryl methyl sites for hydroxylation is 1. The van der Waals surface area contributed by atoms with Gasteiger partial charge in [0.1, 0.15) is 32.0 Å². The van der Waals surface area contributed by atoms with Gasteiger partial charge in [0.05, 0.1) is 0 Å². The average Bonchev–Trinajstić information content (AvgIpc) is 2.70. The summed E-state index contributed by atoms with van der Waals surface area (Å²) in [6, 6.07) is 12.0. The number of anilines is 2. The lowest BCUT2D eigenvalue weighted by molar-refractivity contribution is -1.00. The number of carbonyl (C=O) groups excluding carboxylic acids is 2. The number of piperazine rings is 1. The van der Waals surface area contributed by atoms with Crippen molar-refractivity contribution in [2.24, 2.45) is 0 Å². The van der Waals surface area contributed by atoms with E-state index in [9.17, 15) is 14.0 Å². The summed E-state index contributed by atoms with van der Waals surface area (Å²) in [7, 11) is 0. The van der Waals surface area contributed by atoms with Gasteiger partial charge < -0.3 is 20.4 Å². The highest BCUT2D eigenvalue weighted by Gasteiger charge is 2.26. The maximum Gasteiger partial charge on any atom is 0.279 e. The van der Waals surface area contributed by atoms with Crippen molar-refractivity contribution in [3.05, 3.63) is 59.4 Å². The molecule has 1 heterocycles. The quantitative estimate of drug-likeness (QED) is 0.522. The molecular formula is C24H33FN4O2+2. The van der Waals surface area contributed by atoms with Crippen LogP contribution in [0.15, 0.2) is 42.5 Å². The molecule has 4 N–H and O–H groups in total. The van der Waals surface area contributed by atoms with Crippen LogP contribution in [0, 0.1) is 12.7 Å². The highest BCUT2D eigenvalue weighted by Crippen LogP contribution is 2.27. The summed E-state index contributed by atoms with van der Waals surface area (Å²) in [5.41, 5.74) is 3.64. The largest absolute Gasteiger partial charge is 0.321 e. The standard InChI is InChI=1S/C24H31FN4O2/c1-17(2)21-9-4-6-18(3)24(21)27-23(31)16-29-12-10-28(11-13-29)15-22(30)26-20-8-5-7-19(25)14-20/h4-9,14,17H,10-13,15-16H2,1-3H3,(H,26,30)(H,27,31)/p+2. The fraction of sp³-hybridized carbons (Fsp3) is 0.417. The van der Waals surface area contributed by atoms with E-state index in [1.807, 2.05) is 19.1 Å². The number of nitrogens with one attached hydrogen (secondary N) is 4. The topological polar surface area (TPSA) is 67.1 Å². The summed E-state index contributed by atoms with van der Waals surface area (Å²) in [6.45, 7) is 10.4. The third-order valence-corrected chi connectivity index (χ3v) is 5.79. The number of hydrogen-bond donors (Lipinski definition) is 4. The van der Waals surface area contributed by atoms with Gasteiger partial charge >= 0.3 is 0 Å². The van der Waals surface area contributed by atoms with Crippen LogP contribution in [0.1, 0.15) is 30.9 Å². The Hall–Kier alpha value is -2.77. The van der Waals surface area contributed by atoms with Gasteiger partial charge in [-0.2, -0.15) is 0 Å². The molecule has 0 saturated carbocycles. The minimum absolute atomic E-state index is 0.0264. The van der Waals surface area contributed by atoms with Gasteiger partial charge in [-0.05, 0) is 42.2 Å². The van der Waals surface area contributed by atoms with E-state index < -0.39 is 0 Å². The first-order chi connectivity index (χ1) is 14.8. The van der Waals surface area contributed by atoms with Crippen LogP contribution in [0.2, 0.25) is 0 Å². The fourth-order valence-corrected chi connectivity index (χ4v) is 4.06. The van der Waals surface area contributed by atoms with Crippen molar-refractivity contribution in [2.45, 2.75) is 26.7 Å². The predicted molar refractivity (Wildman–Crippen MR) is 120 cm³/mol. The number of benzene rings is 2. The molecule has 31 heavy (non-hydrogen) atoms. The third kappa shape index (κ3) is 6.60. The Morgan fingerprint density at radius 3 is 2.10 bits per heavy atom. The molecule has 2 aromatic rings. The lowest BCUT2D eigenvalue weighted by Crippen LogP contribution is -3.28. The number of rotatable bonds is 7. The summed E-state index contributed by atoms with van der Waals surface area (Å²) in [5.74, 6) is -0.124. The zero-order valence-electron chi connectivity index (χ0n) is 18.6. The molecule has 1 fully saturated rings. The maximum absolute atomic E-state index is 13.3. The molecule has 0 unspecified atom stereocenters. The Labute approximate surface area is 183 Å². The first-order valence-electron chi connectivity index (χ1n) is 10.9. The zero-order valence-corrected chi connectivity index (χ0v) is 18.6. The van der Waals surface area contributed by atoms with Crippen LogP contribution in [0.4, 0.5) is 15.8 Å². The fourth-order valence-electron chi connectivity index (χ4n) is 4.06. The van der Waals surface area contributed by atoms with Crippen LogP contribution in [-0.4, -0.2) is 51.1 Å². The van der Waals surface area contributed by atoms with Crippen LogP contribution in [0.5, 0.6) is 0 Å². The van der Waals surface area contributed by atoms with Crippen molar-refractivity contribution < 1.29 is 23.8 Å². The highest BCUT2D eigenvalue weighted by molar-refractivity contribution is 5.93. The molecular weight excluding hydrogens is 395 g/mol. The van der Waals surface area contributed by atoms with Gasteiger partial charge in [0.25, 0.3) is 11.8 Å². The minimum atomic E-state index is -0.369. The van der Waals surface area contributed by atoms with E-state index in [2.05, 4.69) is 30.5 Å². The van der Waals surface area contributed by atoms with Gasteiger partial charge in [-0.3, -0.25) is 9.59 Å². The molecule has 6 nitrogen and oxygen atoms in total. The Bertz CT molecular complexity index is 924. The minimum Gasteiger partial charge on any atom is -0.321 e. The number of carbonyl (C=O) groups is 2. The van der Waals surface area contributed by atoms with E-state index in [1.165, 1.54) is 21.9 Å². The van der Waals surface area contributed by atoms with Crippen molar-refractivity contribution >= 4 is 23.2 Å². The number of amides is 2. The maximum atomic E-state index is 13.3. The monoisotopic (exact) mass is 428 g/mol. The molecule has 1 aliphatic heterocycles. The van der Waals surface area contributed by atoms with Crippen LogP contribution in [0.25, 0.3) is 0 Å². The number of hydrogen-bond acceptors (Lipinski definition) is 2. The van der Waals surface area contributed by atoms with E-state index in [0.717, 1.165) is 43.0 Å². The van der Waals surface area contributed by atoms with Gasteiger partial charge in [0.2, 0.25) is 0 Å². The number of quaternary nitrogens is 2. The van der Waals surface area contributed by atoms with Crippen LogP contribution >= 0.6 is 0 Å². The molecule has 166 valence electrons. The van der Waals surface area contributed by atoms with Crippen molar-refractivity contribution in [3.63, 3.8) is 0 Å². The molecule has 0 aliphatic carbocycles. The second-order valence-electron chi connectivity index (χ2n) is 8.65. The molecule has 2 aromatic carbocycles. The first kappa shape index (κ1) is 22.9. The molecule has 0 atom stereocenters. The summed E-state index contributed by atoms with van der Waals surface area (Å²) < 4.78 is 13.3. The van der Waals surface area contributed by atoms with E-state index in [-0.39, 0.29) is 17.6 Å². The smallest absolute Gasteiger partial charge is 0.279 e. The number of halogens is 1. The van der Waals surface area contributed by atoms with Crippen LogP contribution in [-0.2, 0) is 9.59 Å². The second kappa shape index (κ2) is 10.5. The van der Waals surface area contributed by atoms with Gasteiger partial charge in [-0.15, -0.1) is 0 Å². The van der Waals surface area contributed by atoms with Gasteiger partial charge in [0, 0.05) is 11.4 Å². The summed E-state index contributed by atoms with van der Waals surface area (Å²) >= 11 is 0. The Morgan fingerprint density at radius 1 is 0.935 bits per heavy atom. The van der Waals surface area contributed by atoms with Crippen molar-refractivity contribution in [2.75, 3.05) is 49.9 Å². The molecule has 1 saturated heterocycles. The lowest BCUT2D eigenvalue weighted by Gasteiger charge is -2.29. The van der Waals surface area contributed by atoms with E-state index in [0.29, 0.717) is 24.7 Å². The Morgan fingerprint density at radius 2 is 1.52 bits per heavy atom. The molecule has 0 bridgehead atoms. The Balaban J connectivity index is 1.45. The molecule has 7 heteroatoms. The second-order valence-corrected chi connectivity index (χ2v) is 8.65. The van der Waals surface area contributed by atoms with Crippen molar-refractivity contribution in [1.82, 2.24) is 0 Å². The summed E-state index contributed by atoms with van der Waals surface area (Å²) in [4.78, 5) is 27.3. The molecule has 0 aromatic heterocycles. The molecule has 3 rings (SSSR count). The molecule has 1 aliphatic rings.